The standard InChI is InChI=1S/C10H12N2O3S/c1-8-2-3-9(7-11)6-10(8)12-16(14,15)5-4-13/h2-3,6,12-13H,4-5H2,1H3. The van der Waals surface area contributed by atoms with E-state index in [-0.39, 0.29) is 5.75 Å². The molecule has 0 aliphatic heterocycles. The highest BCUT2D eigenvalue weighted by molar-refractivity contribution is 7.92. The van der Waals surface area contributed by atoms with Gasteiger partial charge in [-0.2, -0.15) is 5.26 Å². The van der Waals surface area contributed by atoms with Gasteiger partial charge in [0, 0.05) is 0 Å². The zero-order valence-corrected chi connectivity index (χ0v) is 9.58. The van der Waals surface area contributed by atoms with Crippen LogP contribution in [0.15, 0.2) is 18.2 Å². The number of nitrogens with zero attached hydrogens (tertiary/aromatic N) is 1. The molecule has 0 saturated carbocycles. The lowest BCUT2D eigenvalue weighted by atomic mass is 10.1. The molecular weight excluding hydrogens is 228 g/mol. The Hall–Kier alpha value is -1.58. The van der Waals surface area contributed by atoms with Gasteiger partial charge in [0.1, 0.15) is 0 Å². The van der Waals surface area contributed by atoms with Crippen LogP contribution in [0, 0.1) is 18.3 Å². The number of aryl methyl sites for hydroxylation is 1. The number of nitriles is 1. The van der Waals surface area contributed by atoms with Gasteiger partial charge in [-0.3, -0.25) is 4.72 Å². The van der Waals surface area contributed by atoms with Gasteiger partial charge >= 0.3 is 0 Å². The Morgan fingerprint density at radius 1 is 1.50 bits per heavy atom. The predicted octanol–water partition coefficient (Wildman–Crippen LogP) is 0.601. The summed E-state index contributed by atoms with van der Waals surface area (Å²) in [6.45, 7) is 1.30. The zero-order chi connectivity index (χ0) is 12.2. The van der Waals surface area contributed by atoms with Crippen LogP contribution < -0.4 is 4.72 Å². The van der Waals surface area contributed by atoms with Crippen molar-refractivity contribution in [2.24, 2.45) is 0 Å². The van der Waals surface area contributed by atoms with Crippen LogP contribution in [0.4, 0.5) is 5.69 Å². The summed E-state index contributed by atoms with van der Waals surface area (Å²) in [5, 5.41) is 17.3. The van der Waals surface area contributed by atoms with Crippen LogP contribution in [0.5, 0.6) is 0 Å². The number of hydrogen-bond acceptors (Lipinski definition) is 4. The van der Waals surface area contributed by atoms with E-state index in [1.54, 1.807) is 19.1 Å². The second-order valence-electron chi connectivity index (χ2n) is 3.29. The minimum atomic E-state index is -3.54. The number of aliphatic hydroxyl groups excluding tert-OH is 1. The van der Waals surface area contributed by atoms with Crippen LogP contribution in [0.2, 0.25) is 0 Å². The van der Waals surface area contributed by atoms with Crippen molar-refractivity contribution in [1.29, 1.82) is 5.26 Å². The summed E-state index contributed by atoms with van der Waals surface area (Å²) in [5.74, 6) is -0.358. The molecule has 0 aromatic heterocycles. The van der Waals surface area contributed by atoms with Crippen molar-refractivity contribution in [3.05, 3.63) is 29.3 Å². The lowest BCUT2D eigenvalue weighted by Gasteiger charge is -2.09. The van der Waals surface area contributed by atoms with Gasteiger partial charge in [-0.1, -0.05) is 6.07 Å². The molecule has 86 valence electrons. The fourth-order valence-corrected chi connectivity index (χ4v) is 2.04. The summed E-state index contributed by atoms with van der Waals surface area (Å²) in [5.41, 5.74) is 1.47. The fourth-order valence-electron chi connectivity index (χ4n) is 1.14. The fraction of sp³-hybridized carbons (Fsp3) is 0.300. The van der Waals surface area contributed by atoms with Gasteiger partial charge in [0.15, 0.2) is 0 Å². The quantitative estimate of drug-likeness (QED) is 0.806. The van der Waals surface area contributed by atoms with Crippen LogP contribution >= 0.6 is 0 Å². The van der Waals surface area contributed by atoms with Gasteiger partial charge in [0.05, 0.1) is 29.7 Å². The second kappa shape index (κ2) is 4.96. The molecule has 0 bridgehead atoms. The first kappa shape index (κ1) is 12.5. The highest BCUT2D eigenvalue weighted by atomic mass is 32.2. The topological polar surface area (TPSA) is 90.2 Å². The van der Waals surface area contributed by atoms with E-state index < -0.39 is 16.6 Å². The minimum absolute atomic E-state index is 0.358. The normalized spacial score (nSPS) is 10.8. The molecule has 5 nitrogen and oxygen atoms in total. The number of benzene rings is 1. The Labute approximate surface area is 94.4 Å². The third kappa shape index (κ3) is 3.22. The molecule has 0 aliphatic carbocycles. The van der Waals surface area contributed by atoms with E-state index in [1.807, 2.05) is 6.07 Å². The smallest absolute Gasteiger partial charge is 0.234 e. The maximum absolute atomic E-state index is 11.4. The number of aliphatic hydroxyl groups is 1. The van der Waals surface area contributed by atoms with E-state index in [9.17, 15) is 8.42 Å². The predicted molar refractivity (Wildman–Crippen MR) is 60.4 cm³/mol. The van der Waals surface area contributed by atoms with Gasteiger partial charge in [-0.25, -0.2) is 8.42 Å². The molecule has 0 saturated heterocycles. The molecule has 16 heavy (non-hydrogen) atoms. The Kier molecular flexibility index (Phi) is 3.88. The Morgan fingerprint density at radius 3 is 2.75 bits per heavy atom. The van der Waals surface area contributed by atoms with Crippen LogP contribution in [0.3, 0.4) is 0 Å². The minimum Gasteiger partial charge on any atom is -0.395 e. The molecule has 1 aromatic carbocycles. The molecule has 0 unspecified atom stereocenters. The average molecular weight is 240 g/mol. The van der Waals surface area contributed by atoms with E-state index in [2.05, 4.69) is 4.72 Å². The summed E-state index contributed by atoms with van der Waals surface area (Å²) < 4.78 is 25.1. The first-order chi connectivity index (χ1) is 7.48. The third-order valence-corrected chi connectivity index (χ3v) is 3.24. The van der Waals surface area contributed by atoms with E-state index >= 15 is 0 Å². The molecule has 0 aliphatic rings. The molecule has 0 fully saturated rings. The average Bonchev–Trinajstić information content (AvgIpc) is 2.21. The maximum atomic E-state index is 11.4. The van der Waals surface area contributed by atoms with Crippen molar-refractivity contribution in [2.75, 3.05) is 17.1 Å². The Bertz CT molecular complexity index is 517. The summed E-state index contributed by atoms with van der Waals surface area (Å²) in [6, 6.07) is 6.66. The summed E-state index contributed by atoms with van der Waals surface area (Å²) in [4.78, 5) is 0. The van der Waals surface area contributed by atoms with Crippen LogP contribution in [-0.4, -0.2) is 25.9 Å². The van der Waals surface area contributed by atoms with Gasteiger partial charge in [0.25, 0.3) is 0 Å². The molecular formula is C10H12N2O3S. The Balaban J connectivity index is 3.02. The molecule has 1 aromatic rings. The van der Waals surface area contributed by atoms with Crippen LogP contribution in [0.25, 0.3) is 0 Å². The molecule has 0 amide bonds. The second-order valence-corrected chi connectivity index (χ2v) is 5.13. The van der Waals surface area contributed by atoms with Crippen molar-refractivity contribution < 1.29 is 13.5 Å². The number of rotatable bonds is 4. The van der Waals surface area contributed by atoms with Gasteiger partial charge in [-0.15, -0.1) is 0 Å². The number of anilines is 1. The lowest BCUT2D eigenvalue weighted by Crippen LogP contribution is -2.19. The van der Waals surface area contributed by atoms with Crippen molar-refractivity contribution in [2.45, 2.75) is 6.92 Å². The Morgan fingerprint density at radius 2 is 2.19 bits per heavy atom. The van der Waals surface area contributed by atoms with E-state index in [4.69, 9.17) is 10.4 Å². The molecule has 0 radical (unpaired) electrons. The molecule has 0 spiro atoms. The van der Waals surface area contributed by atoms with Gasteiger partial charge < -0.3 is 5.11 Å². The van der Waals surface area contributed by atoms with E-state index in [0.29, 0.717) is 11.3 Å². The number of nitrogens with one attached hydrogen (secondary N) is 1. The number of sulfonamides is 1. The van der Waals surface area contributed by atoms with Crippen molar-refractivity contribution in [3.8, 4) is 6.07 Å². The zero-order valence-electron chi connectivity index (χ0n) is 8.77. The molecule has 6 heteroatoms. The van der Waals surface area contributed by atoms with Crippen LogP contribution in [-0.2, 0) is 10.0 Å². The van der Waals surface area contributed by atoms with Gasteiger partial charge in [-0.05, 0) is 24.6 Å². The third-order valence-electron chi connectivity index (χ3n) is 1.99. The SMILES string of the molecule is Cc1ccc(C#N)cc1NS(=O)(=O)CCO. The molecule has 0 atom stereocenters. The maximum Gasteiger partial charge on any atom is 0.234 e. The lowest BCUT2D eigenvalue weighted by molar-refractivity contribution is 0.320. The first-order valence-electron chi connectivity index (χ1n) is 4.60. The highest BCUT2D eigenvalue weighted by Crippen LogP contribution is 2.17. The van der Waals surface area contributed by atoms with Crippen molar-refractivity contribution in [1.82, 2.24) is 0 Å². The highest BCUT2D eigenvalue weighted by Gasteiger charge is 2.11. The number of hydrogen-bond donors (Lipinski definition) is 2. The van der Waals surface area contributed by atoms with Gasteiger partial charge in [0.2, 0.25) is 10.0 Å². The first-order valence-corrected chi connectivity index (χ1v) is 6.26. The monoisotopic (exact) mass is 240 g/mol. The van der Waals surface area contributed by atoms with Crippen LogP contribution in [0.1, 0.15) is 11.1 Å². The van der Waals surface area contributed by atoms with E-state index in [1.165, 1.54) is 6.07 Å². The summed E-state index contributed by atoms with van der Waals surface area (Å²) in [7, 11) is -3.54. The molecule has 0 heterocycles. The molecule has 2 N–H and O–H groups in total. The summed E-state index contributed by atoms with van der Waals surface area (Å²) >= 11 is 0. The van der Waals surface area contributed by atoms with E-state index in [0.717, 1.165) is 5.56 Å². The van der Waals surface area contributed by atoms with Crippen molar-refractivity contribution in [3.63, 3.8) is 0 Å². The molecule has 1 rings (SSSR count). The van der Waals surface area contributed by atoms with Crippen molar-refractivity contribution >= 4 is 15.7 Å². The summed E-state index contributed by atoms with van der Waals surface area (Å²) in [6.07, 6.45) is 0. The largest absolute Gasteiger partial charge is 0.395 e.